The third kappa shape index (κ3) is 5.15. The molecule has 0 atom stereocenters. The zero-order valence-electron chi connectivity index (χ0n) is 21.3. The van der Waals surface area contributed by atoms with Crippen LogP contribution in [-0.2, 0) is 17.9 Å². The topological polar surface area (TPSA) is 64.2 Å². The third-order valence-corrected chi connectivity index (χ3v) is 7.95. The van der Waals surface area contributed by atoms with Crippen LogP contribution in [0.5, 0.6) is 0 Å². The van der Waals surface area contributed by atoms with Crippen molar-refractivity contribution in [2.45, 2.75) is 25.2 Å². The van der Waals surface area contributed by atoms with Gasteiger partial charge in [-0.15, -0.1) is 0 Å². The summed E-state index contributed by atoms with van der Waals surface area (Å²) < 4.78 is 4.44. The summed E-state index contributed by atoms with van der Waals surface area (Å²) in [5.41, 5.74) is 9.03. The second-order valence-corrected chi connectivity index (χ2v) is 10.6. The zero-order chi connectivity index (χ0) is 26.8. The third-order valence-electron chi connectivity index (χ3n) is 6.72. The number of thioether (sulfide) groups is 1. The zero-order valence-corrected chi connectivity index (χ0v) is 22.9. The molecule has 194 valence electrons. The maximum atomic E-state index is 12.7. The van der Waals surface area contributed by atoms with Crippen LogP contribution >= 0.6 is 23.4 Å². The van der Waals surface area contributed by atoms with Gasteiger partial charge in [-0.25, -0.2) is 10.4 Å². The molecule has 0 saturated carbocycles. The Kier molecular flexibility index (Phi) is 7.09. The molecule has 0 aliphatic carbocycles. The number of imidazole rings is 1. The van der Waals surface area contributed by atoms with Crippen molar-refractivity contribution in [3.8, 4) is 0 Å². The molecule has 0 fully saturated rings. The molecular weight excluding hydrogens is 526 g/mol. The van der Waals surface area contributed by atoms with Gasteiger partial charge >= 0.3 is 0 Å². The number of carbonyl (C=O) groups excluding carboxylic acids is 1. The highest BCUT2D eigenvalue weighted by atomic mass is 35.5. The molecule has 0 bridgehead atoms. The molecule has 6 rings (SSSR count). The van der Waals surface area contributed by atoms with Crippen molar-refractivity contribution in [3.05, 3.63) is 107 Å². The van der Waals surface area contributed by atoms with Gasteiger partial charge < -0.3 is 9.13 Å². The van der Waals surface area contributed by atoms with Gasteiger partial charge in [-0.3, -0.25) is 4.79 Å². The SMILES string of the molecule is CCn1c2ccccc2c2cc(/C=N\NC(=O)CSc3nc4ccccc4n3Cc3ccc(Cl)cc3)ccc21. The van der Waals surface area contributed by atoms with Gasteiger partial charge in [-0.2, -0.15) is 5.10 Å². The number of rotatable bonds is 8. The van der Waals surface area contributed by atoms with Gasteiger partial charge in [0, 0.05) is 33.4 Å². The van der Waals surface area contributed by atoms with Crippen LogP contribution in [0, 0.1) is 0 Å². The monoisotopic (exact) mass is 551 g/mol. The number of nitrogens with one attached hydrogen (secondary N) is 1. The average Bonchev–Trinajstić information content (AvgIpc) is 3.47. The lowest BCUT2D eigenvalue weighted by Gasteiger charge is -2.09. The van der Waals surface area contributed by atoms with Crippen LogP contribution in [0.15, 0.2) is 101 Å². The number of hydrogen-bond donors (Lipinski definition) is 1. The van der Waals surface area contributed by atoms with Crippen LogP contribution in [-0.4, -0.2) is 32.0 Å². The van der Waals surface area contributed by atoms with Gasteiger partial charge in [0.15, 0.2) is 5.16 Å². The first kappa shape index (κ1) is 25.2. The van der Waals surface area contributed by atoms with Crippen molar-refractivity contribution in [1.29, 1.82) is 0 Å². The Bertz CT molecular complexity index is 1840. The van der Waals surface area contributed by atoms with Crippen LogP contribution in [0.25, 0.3) is 32.8 Å². The maximum absolute atomic E-state index is 12.7. The molecular formula is C31H26ClN5OS. The van der Waals surface area contributed by atoms with Crippen molar-refractivity contribution in [2.75, 3.05) is 5.75 Å². The van der Waals surface area contributed by atoms with Gasteiger partial charge in [0.2, 0.25) is 0 Å². The van der Waals surface area contributed by atoms with Crippen LogP contribution in [0.1, 0.15) is 18.1 Å². The van der Waals surface area contributed by atoms with Crippen molar-refractivity contribution in [3.63, 3.8) is 0 Å². The number of amides is 1. The molecule has 1 amide bonds. The number of hydrazone groups is 1. The fraction of sp³-hybridized carbons (Fsp3) is 0.129. The summed E-state index contributed by atoms with van der Waals surface area (Å²) in [5, 5.41) is 8.10. The summed E-state index contributed by atoms with van der Waals surface area (Å²) in [5.74, 6) is 0.00891. The number of nitrogens with zero attached hydrogens (tertiary/aromatic N) is 4. The minimum absolute atomic E-state index is 0.190. The lowest BCUT2D eigenvalue weighted by Crippen LogP contribution is -2.20. The number of hydrogen-bond acceptors (Lipinski definition) is 4. The lowest BCUT2D eigenvalue weighted by molar-refractivity contribution is -0.118. The quantitative estimate of drug-likeness (QED) is 0.124. The van der Waals surface area contributed by atoms with Crippen molar-refractivity contribution in [1.82, 2.24) is 19.5 Å². The number of benzene rings is 4. The molecule has 6 nitrogen and oxygen atoms in total. The second-order valence-electron chi connectivity index (χ2n) is 9.22. The largest absolute Gasteiger partial charge is 0.341 e. The minimum atomic E-state index is -0.190. The standard InChI is InChI=1S/C31H26ClN5OS/c1-2-36-27-9-5-3-7-24(27)25-17-22(13-16-28(25)36)18-33-35-30(38)20-39-31-34-26-8-4-6-10-29(26)37(31)19-21-11-14-23(32)15-12-21/h3-18H,2,19-20H2,1H3,(H,35,38)/b33-18-. The summed E-state index contributed by atoms with van der Waals surface area (Å²) >= 11 is 7.46. The first-order valence-electron chi connectivity index (χ1n) is 12.8. The minimum Gasteiger partial charge on any atom is -0.341 e. The van der Waals surface area contributed by atoms with Crippen molar-refractivity contribution >= 4 is 68.3 Å². The summed E-state index contributed by atoms with van der Waals surface area (Å²) in [6.07, 6.45) is 1.69. The van der Waals surface area contributed by atoms with E-state index < -0.39 is 0 Å². The van der Waals surface area contributed by atoms with E-state index in [1.54, 1.807) is 6.21 Å². The highest BCUT2D eigenvalue weighted by molar-refractivity contribution is 7.99. The van der Waals surface area contributed by atoms with Crippen molar-refractivity contribution < 1.29 is 4.79 Å². The normalized spacial score (nSPS) is 11.7. The van der Waals surface area contributed by atoms with E-state index in [4.69, 9.17) is 16.6 Å². The van der Waals surface area contributed by atoms with Crippen molar-refractivity contribution in [2.24, 2.45) is 5.10 Å². The molecule has 8 heteroatoms. The molecule has 6 aromatic rings. The van der Waals surface area contributed by atoms with Crippen LogP contribution in [0.2, 0.25) is 5.02 Å². The smallest absolute Gasteiger partial charge is 0.250 e. The molecule has 0 saturated heterocycles. The first-order valence-corrected chi connectivity index (χ1v) is 14.1. The van der Waals surface area contributed by atoms with E-state index in [2.05, 4.69) is 63.0 Å². The van der Waals surface area contributed by atoms with Gasteiger partial charge in [0.05, 0.1) is 29.5 Å². The van der Waals surface area contributed by atoms with Crippen LogP contribution < -0.4 is 5.43 Å². The maximum Gasteiger partial charge on any atom is 0.250 e. The molecule has 1 N–H and O–H groups in total. The van der Waals surface area contributed by atoms with Crippen LogP contribution in [0.4, 0.5) is 0 Å². The summed E-state index contributed by atoms with van der Waals surface area (Å²) in [6, 6.07) is 30.4. The van der Waals surface area contributed by atoms with E-state index in [9.17, 15) is 4.79 Å². The molecule has 0 unspecified atom stereocenters. The Morgan fingerprint density at radius 3 is 2.49 bits per heavy atom. The van der Waals surface area contributed by atoms with Gasteiger partial charge in [-0.1, -0.05) is 71.9 Å². The lowest BCUT2D eigenvalue weighted by atomic mass is 10.1. The molecule has 2 heterocycles. The molecule has 0 aliphatic heterocycles. The molecule has 0 radical (unpaired) electrons. The number of aromatic nitrogens is 3. The molecule has 4 aromatic carbocycles. The molecule has 2 aromatic heterocycles. The molecule has 0 spiro atoms. The highest BCUT2D eigenvalue weighted by Crippen LogP contribution is 2.29. The number of halogens is 1. The van der Waals surface area contributed by atoms with E-state index in [-0.39, 0.29) is 11.7 Å². The van der Waals surface area contributed by atoms with Gasteiger partial charge in [-0.05, 0) is 60.5 Å². The molecule has 0 aliphatic rings. The summed E-state index contributed by atoms with van der Waals surface area (Å²) in [4.78, 5) is 17.4. The van der Waals surface area contributed by atoms with E-state index >= 15 is 0 Å². The predicted molar refractivity (Wildman–Crippen MR) is 162 cm³/mol. The fourth-order valence-corrected chi connectivity index (χ4v) is 5.85. The summed E-state index contributed by atoms with van der Waals surface area (Å²) in [6.45, 7) is 3.69. The Hall–Kier alpha value is -4.07. The second kappa shape index (κ2) is 11.0. The van der Waals surface area contributed by atoms with Crippen LogP contribution in [0.3, 0.4) is 0 Å². The van der Waals surface area contributed by atoms with E-state index in [1.807, 2.05) is 54.6 Å². The fourth-order valence-electron chi connectivity index (χ4n) is 4.92. The average molecular weight is 552 g/mol. The summed E-state index contributed by atoms with van der Waals surface area (Å²) in [7, 11) is 0. The van der Waals surface area contributed by atoms with E-state index in [1.165, 1.54) is 33.6 Å². The Labute approximate surface area is 235 Å². The number of fused-ring (bicyclic) bond motifs is 4. The number of carbonyl (C=O) groups is 1. The predicted octanol–water partition coefficient (Wildman–Crippen LogP) is 7.11. The van der Waals surface area contributed by atoms with E-state index in [0.717, 1.165) is 33.9 Å². The highest BCUT2D eigenvalue weighted by Gasteiger charge is 2.14. The van der Waals surface area contributed by atoms with Gasteiger partial charge in [0.1, 0.15) is 0 Å². The Balaban J connectivity index is 1.15. The molecule has 39 heavy (non-hydrogen) atoms. The van der Waals surface area contributed by atoms with Gasteiger partial charge in [0.25, 0.3) is 5.91 Å². The number of para-hydroxylation sites is 3. The first-order chi connectivity index (χ1) is 19.1. The Morgan fingerprint density at radius 2 is 1.67 bits per heavy atom. The van der Waals surface area contributed by atoms with E-state index in [0.29, 0.717) is 11.6 Å². The Morgan fingerprint density at radius 1 is 0.923 bits per heavy atom. The number of aryl methyl sites for hydroxylation is 1.